The Hall–Kier alpha value is -3.34. The van der Waals surface area contributed by atoms with E-state index in [2.05, 4.69) is 23.2 Å². The number of aryl methyl sites for hydroxylation is 3. The summed E-state index contributed by atoms with van der Waals surface area (Å²) in [6.45, 7) is 6.35. The Kier molecular flexibility index (Phi) is 5.44. The summed E-state index contributed by atoms with van der Waals surface area (Å²) < 4.78 is 46.5. The lowest BCUT2D eigenvalue weighted by Crippen LogP contribution is -2.07. The summed E-state index contributed by atoms with van der Waals surface area (Å²) >= 11 is 0. The molecule has 0 saturated heterocycles. The van der Waals surface area contributed by atoms with E-state index in [-0.39, 0.29) is 5.52 Å². The van der Waals surface area contributed by atoms with Crippen LogP contribution in [0.25, 0.3) is 22.0 Å². The molecule has 0 spiro atoms. The SMILES string of the molecule is Cc1ccc(C)c(COc2cccc(-c3c(C)cnc4c(C(F)(F)F)cccc34)c2)c1. The maximum absolute atomic E-state index is 13.5. The number of alkyl halides is 3. The van der Waals surface area contributed by atoms with E-state index in [1.165, 1.54) is 12.3 Å². The number of rotatable bonds is 4. The van der Waals surface area contributed by atoms with Gasteiger partial charge in [-0.2, -0.15) is 13.2 Å². The molecule has 5 heteroatoms. The fourth-order valence-corrected chi connectivity index (χ4v) is 3.79. The van der Waals surface area contributed by atoms with Crippen LogP contribution in [0, 0.1) is 20.8 Å². The van der Waals surface area contributed by atoms with Gasteiger partial charge in [0, 0.05) is 11.6 Å². The summed E-state index contributed by atoms with van der Waals surface area (Å²) in [6.07, 6.45) is -2.97. The highest BCUT2D eigenvalue weighted by Crippen LogP contribution is 2.38. The molecule has 4 rings (SSSR count). The molecule has 31 heavy (non-hydrogen) atoms. The minimum atomic E-state index is -4.46. The van der Waals surface area contributed by atoms with Crippen molar-refractivity contribution in [3.63, 3.8) is 0 Å². The zero-order valence-electron chi connectivity index (χ0n) is 17.5. The number of hydrogen-bond acceptors (Lipinski definition) is 2. The van der Waals surface area contributed by atoms with Crippen LogP contribution in [0.4, 0.5) is 13.2 Å². The van der Waals surface area contributed by atoms with Gasteiger partial charge in [-0.1, -0.05) is 48.0 Å². The molecule has 0 aliphatic rings. The van der Waals surface area contributed by atoms with Crippen LogP contribution < -0.4 is 4.74 Å². The molecule has 4 aromatic rings. The van der Waals surface area contributed by atoms with Gasteiger partial charge < -0.3 is 4.74 Å². The number of aromatic nitrogens is 1. The molecule has 0 unspecified atom stereocenters. The van der Waals surface area contributed by atoms with E-state index in [1.807, 2.05) is 45.0 Å². The van der Waals surface area contributed by atoms with Crippen LogP contribution in [0.2, 0.25) is 0 Å². The number of hydrogen-bond donors (Lipinski definition) is 0. The molecule has 0 aliphatic heterocycles. The van der Waals surface area contributed by atoms with Crippen LogP contribution in [0.3, 0.4) is 0 Å². The third-order valence-corrected chi connectivity index (χ3v) is 5.41. The van der Waals surface area contributed by atoms with Crippen LogP contribution in [-0.4, -0.2) is 4.98 Å². The van der Waals surface area contributed by atoms with Crippen LogP contribution in [0.15, 0.2) is 66.9 Å². The van der Waals surface area contributed by atoms with Crippen LogP contribution in [-0.2, 0) is 12.8 Å². The first-order valence-electron chi connectivity index (χ1n) is 9.99. The van der Waals surface area contributed by atoms with Crippen LogP contribution in [0.5, 0.6) is 5.75 Å². The van der Waals surface area contributed by atoms with Gasteiger partial charge in [0.25, 0.3) is 0 Å². The second kappa shape index (κ2) is 8.06. The molecule has 3 aromatic carbocycles. The topological polar surface area (TPSA) is 22.1 Å². The van der Waals surface area contributed by atoms with Gasteiger partial charge >= 0.3 is 6.18 Å². The van der Waals surface area contributed by atoms with Gasteiger partial charge in [-0.15, -0.1) is 0 Å². The third kappa shape index (κ3) is 4.26. The Labute approximate surface area is 179 Å². The quantitative estimate of drug-likeness (QED) is 0.342. The lowest BCUT2D eigenvalue weighted by molar-refractivity contribution is -0.136. The minimum Gasteiger partial charge on any atom is -0.489 e. The molecule has 0 radical (unpaired) electrons. The molecule has 0 N–H and O–H groups in total. The van der Waals surface area contributed by atoms with Crippen molar-refractivity contribution in [3.8, 4) is 16.9 Å². The minimum absolute atomic E-state index is 0.0442. The summed E-state index contributed by atoms with van der Waals surface area (Å²) in [5, 5.41) is 0.474. The molecule has 158 valence electrons. The highest BCUT2D eigenvalue weighted by Gasteiger charge is 2.33. The predicted octanol–water partition coefficient (Wildman–Crippen LogP) is 7.42. The first-order chi connectivity index (χ1) is 14.7. The fourth-order valence-electron chi connectivity index (χ4n) is 3.79. The Morgan fingerprint density at radius 3 is 2.42 bits per heavy atom. The second-order valence-corrected chi connectivity index (χ2v) is 7.76. The van der Waals surface area contributed by atoms with Crippen molar-refractivity contribution < 1.29 is 17.9 Å². The van der Waals surface area contributed by atoms with Gasteiger partial charge in [-0.25, -0.2) is 0 Å². The number of benzene rings is 3. The van der Waals surface area contributed by atoms with E-state index >= 15 is 0 Å². The van der Waals surface area contributed by atoms with Gasteiger partial charge in [-0.05, 0) is 66.8 Å². The van der Waals surface area contributed by atoms with E-state index in [9.17, 15) is 13.2 Å². The Bertz CT molecular complexity index is 1260. The summed E-state index contributed by atoms with van der Waals surface area (Å²) in [5.74, 6) is 0.662. The van der Waals surface area contributed by atoms with Gasteiger partial charge in [0.15, 0.2) is 0 Å². The molecule has 0 amide bonds. The van der Waals surface area contributed by atoms with Gasteiger partial charge in [0.05, 0.1) is 11.1 Å². The number of para-hydroxylation sites is 1. The molecule has 0 atom stereocenters. The number of fused-ring (bicyclic) bond motifs is 1. The molecule has 0 bridgehead atoms. The molecule has 0 fully saturated rings. The highest BCUT2D eigenvalue weighted by atomic mass is 19.4. The Balaban J connectivity index is 1.74. The first kappa shape index (κ1) is 20.9. The molecule has 1 heterocycles. The largest absolute Gasteiger partial charge is 0.489 e. The van der Waals surface area contributed by atoms with Crippen molar-refractivity contribution in [2.24, 2.45) is 0 Å². The fraction of sp³-hybridized carbons (Fsp3) is 0.192. The van der Waals surface area contributed by atoms with Gasteiger partial charge in [-0.3, -0.25) is 4.98 Å². The van der Waals surface area contributed by atoms with E-state index < -0.39 is 11.7 Å². The predicted molar refractivity (Wildman–Crippen MR) is 117 cm³/mol. The average Bonchev–Trinajstić information content (AvgIpc) is 2.73. The third-order valence-electron chi connectivity index (χ3n) is 5.41. The van der Waals surface area contributed by atoms with Crippen LogP contribution in [0.1, 0.15) is 27.8 Å². The zero-order chi connectivity index (χ0) is 22.2. The molecule has 2 nitrogen and oxygen atoms in total. The van der Waals surface area contributed by atoms with Gasteiger partial charge in [0.2, 0.25) is 0 Å². The highest BCUT2D eigenvalue weighted by molar-refractivity contribution is 5.97. The number of ether oxygens (including phenoxy) is 1. The summed E-state index contributed by atoms with van der Waals surface area (Å²) in [4.78, 5) is 4.10. The van der Waals surface area contributed by atoms with Crippen molar-refractivity contribution in [1.29, 1.82) is 0 Å². The van der Waals surface area contributed by atoms with E-state index in [0.717, 1.165) is 39.4 Å². The van der Waals surface area contributed by atoms with Crippen molar-refractivity contribution in [2.45, 2.75) is 33.6 Å². The normalized spacial score (nSPS) is 11.7. The number of pyridine rings is 1. The molecule has 0 aliphatic carbocycles. The van der Waals surface area contributed by atoms with Crippen molar-refractivity contribution >= 4 is 10.9 Å². The van der Waals surface area contributed by atoms with E-state index in [0.29, 0.717) is 17.7 Å². The molecule has 1 aromatic heterocycles. The van der Waals surface area contributed by atoms with E-state index in [1.54, 1.807) is 6.07 Å². The van der Waals surface area contributed by atoms with Gasteiger partial charge in [0.1, 0.15) is 12.4 Å². The first-order valence-corrected chi connectivity index (χ1v) is 9.99. The number of nitrogens with zero attached hydrogens (tertiary/aromatic N) is 1. The summed E-state index contributed by atoms with van der Waals surface area (Å²) in [7, 11) is 0. The molecular formula is C26H22F3NO. The lowest BCUT2D eigenvalue weighted by atomic mass is 9.95. The van der Waals surface area contributed by atoms with Crippen molar-refractivity contribution in [3.05, 3.63) is 94.7 Å². The Morgan fingerprint density at radius 2 is 1.65 bits per heavy atom. The zero-order valence-corrected chi connectivity index (χ0v) is 17.5. The summed E-state index contributed by atoms with van der Waals surface area (Å²) in [6, 6.07) is 17.9. The summed E-state index contributed by atoms with van der Waals surface area (Å²) in [5.41, 5.74) is 4.97. The standard InChI is InChI=1S/C26H22F3NO/c1-16-10-11-17(2)20(12-16)15-31-21-7-4-6-19(13-21)24-18(3)14-30-25-22(24)8-5-9-23(25)26(27,28)29/h4-14H,15H2,1-3H3. The monoisotopic (exact) mass is 421 g/mol. The van der Waals surface area contributed by atoms with Crippen molar-refractivity contribution in [1.82, 2.24) is 4.98 Å². The smallest absolute Gasteiger partial charge is 0.418 e. The maximum atomic E-state index is 13.5. The van der Waals surface area contributed by atoms with E-state index in [4.69, 9.17) is 4.74 Å². The lowest BCUT2D eigenvalue weighted by Gasteiger charge is -2.15. The molecular weight excluding hydrogens is 399 g/mol. The molecule has 0 saturated carbocycles. The average molecular weight is 421 g/mol. The number of halogens is 3. The second-order valence-electron chi connectivity index (χ2n) is 7.76. The van der Waals surface area contributed by atoms with Crippen molar-refractivity contribution in [2.75, 3.05) is 0 Å². The maximum Gasteiger partial charge on any atom is 0.418 e. The van der Waals surface area contributed by atoms with Crippen LogP contribution >= 0.6 is 0 Å². The Morgan fingerprint density at radius 1 is 0.871 bits per heavy atom.